The van der Waals surface area contributed by atoms with Crippen molar-refractivity contribution in [2.75, 3.05) is 0 Å². The molecule has 0 spiro atoms. The van der Waals surface area contributed by atoms with Gasteiger partial charge >= 0.3 is 0 Å². The summed E-state index contributed by atoms with van der Waals surface area (Å²) in [6.45, 7) is 3.64. The number of carbonyl (C=O) groups is 1. The molecule has 1 unspecified atom stereocenters. The van der Waals surface area contributed by atoms with E-state index in [-0.39, 0.29) is 27.8 Å². The minimum absolute atomic E-state index is 0.0510. The zero-order chi connectivity index (χ0) is 23.6. The second-order valence-corrected chi connectivity index (χ2v) is 9.61. The molecule has 0 bridgehead atoms. The molecule has 0 fully saturated rings. The summed E-state index contributed by atoms with van der Waals surface area (Å²) in [5, 5.41) is 7.18. The van der Waals surface area contributed by atoms with Crippen molar-refractivity contribution < 1.29 is 22.0 Å². The highest BCUT2D eigenvalue weighted by atomic mass is 32.2. The van der Waals surface area contributed by atoms with Crippen LogP contribution in [0, 0.1) is 12.7 Å². The van der Waals surface area contributed by atoms with E-state index in [1.165, 1.54) is 36.6 Å². The van der Waals surface area contributed by atoms with Crippen molar-refractivity contribution >= 4 is 15.7 Å². The van der Waals surface area contributed by atoms with E-state index < -0.39 is 21.8 Å². The van der Waals surface area contributed by atoms with E-state index in [2.05, 4.69) is 10.4 Å². The first-order valence-corrected chi connectivity index (χ1v) is 11.9. The van der Waals surface area contributed by atoms with Crippen LogP contribution < -0.4 is 5.32 Å². The summed E-state index contributed by atoms with van der Waals surface area (Å²) in [4.78, 5) is 13.1. The van der Waals surface area contributed by atoms with Crippen LogP contribution in [-0.2, 0) is 15.6 Å². The number of aromatic nitrogens is 2. The average Bonchev–Trinajstić information content (AvgIpc) is 3.41. The number of amides is 1. The topological polar surface area (TPSA) is 94.2 Å². The molecule has 33 heavy (non-hydrogen) atoms. The first-order valence-electron chi connectivity index (χ1n) is 10.2. The highest BCUT2D eigenvalue weighted by molar-refractivity contribution is 7.90. The summed E-state index contributed by atoms with van der Waals surface area (Å²) < 4.78 is 45.6. The van der Waals surface area contributed by atoms with Gasteiger partial charge in [-0.1, -0.05) is 18.2 Å². The molecule has 0 aliphatic carbocycles. The Bertz CT molecular complexity index is 1380. The summed E-state index contributed by atoms with van der Waals surface area (Å²) >= 11 is 0. The van der Waals surface area contributed by atoms with E-state index in [1.54, 1.807) is 48.1 Å². The van der Waals surface area contributed by atoms with Gasteiger partial charge in [0.15, 0.2) is 15.6 Å². The van der Waals surface area contributed by atoms with Crippen LogP contribution in [0.25, 0.3) is 5.69 Å². The molecule has 9 heteroatoms. The van der Waals surface area contributed by atoms with Crippen LogP contribution in [0.1, 0.15) is 40.3 Å². The van der Waals surface area contributed by atoms with Gasteiger partial charge in [0.05, 0.1) is 34.8 Å². The molecule has 1 amide bonds. The number of hydrogen-bond acceptors (Lipinski definition) is 5. The minimum Gasteiger partial charge on any atom is -0.459 e. The van der Waals surface area contributed by atoms with Gasteiger partial charge in [0.25, 0.3) is 5.91 Å². The van der Waals surface area contributed by atoms with Gasteiger partial charge < -0.3 is 9.73 Å². The van der Waals surface area contributed by atoms with Gasteiger partial charge in [-0.25, -0.2) is 17.5 Å². The Labute approximate surface area is 190 Å². The van der Waals surface area contributed by atoms with Crippen molar-refractivity contribution in [3.8, 4) is 5.69 Å². The standard InChI is InChI=1S/C24H22FN3O4S/c1-16(22-14-26-28(17(22)2)20-10-8-19(25)9-11-20)27-24(29)23-18(12-13-32-23)15-33(30,31)21-6-4-3-5-7-21/h3-14,16H,15H2,1-2H3,(H,27,29). The predicted molar refractivity (Wildman–Crippen MR) is 120 cm³/mol. The third-order valence-electron chi connectivity index (χ3n) is 5.33. The molecule has 0 aliphatic heterocycles. The second kappa shape index (κ2) is 9.03. The minimum atomic E-state index is -3.64. The molecule has 2 aromatic carbocycles. The Kier molecular flexibility index (Phi) is 6.15. The molecule has 4 aromatic rings. The smallest absolute Gasteiger partial charge is 0.287 e. The Morgan fingerprint density at radius 3 is 2.52 bits per heavy atom. The molecule has 2 heterocycles. The van der Waals surface area contributed by atoms with Crippen LogP contribution in [-0.4, -0.2) is 24.1 Å². The van der Waals surface area contributed by atoms with Crippen LogP contribution in [0.15, 0.2) is 82.4 Å². The lowest BCUT2D eigenvalue weighted by molar-refractivity contribution is 0.0911. The number of furan rings is 1. The third-order valence-corrected chi connectivity index (χ3v) is 7.02. The second-order valence-electron chi connectivity index (χ2n) is 7.62. The number of nitrogens with one attached hydrogen (secondary N) is 1. The average molecular weight is 468 g/mol. The SMILES string of the molecule is Cc1c(C(C)NC(=O)c2occc2CS(=O)(=O)c2ccccc2)cnn1-c1ccc(F)cc1. The fourth-order valence-electron chi connectivity index (χ4n) is 3.59. The Morgan fingerprint density at radius 2 is 1.82 bits per heavy atom. The fraction of sp³-hybridized carbons (Fsp3) is 0.167. The lowest BCUT2D eigenvalue weighted by atomic mass is 10.1. The van der Waals surface area contributed by atoms with Crippen LogP contribution in [0.2, 0.25) is 0 Å². The van der Waals surface area contributed by atoms with Crippen LogP contribution in [0.4, 0.5) is 4.39 Å². The molecule has 170 valence electrons. The summed E-state index contributed by atoms with van der Waals surface area (Å²) in [6, 6.07) is 15.0. The Balaban J connectivity index is 1.51. The first-order chi connectivity index (χ1) is 15.8. The molecule has 0 saturated carbocycles. The predicted octanol–water partition coefficient (Wildman–Crippen LogP) is 4.38. The van der Waals surface area contributed by atoms with Gasteiger partial charge in [-0.15, -0.1) is 0 Å². The van der Waals surface area contributed by atoms with Crippen LogP contribution >= 0.6 is 0 Å². The molecule has 4 rings (SSSR count). The molecular formula is C24H22FN3O4S. The lowest BCUT2D eigenvalue weighted by Gasteiger charge is -2.14. The van der Waals surface area contributed by atoms with Crippen LogP contribution in [0.5, 0.6) is 0 Å². The quantitative estimate of drug-likeness (QED) is 0.435. The summed E-state index contributed by atoms with van der Waals surface area (Å²) in [5.41, 5.74) is 2.51. The highest BCUT2D eigenvalue weighted by Gasteiger charge is 2.24. The van der Waals surface area contributed by atoms with Crippen molar-refractivity contribution in [1.29, 1.82) is 0 Å². The summed E-state index contributed by atoms with van der Waals surface area (Å²) in [7, 11) is -3.64. The molecule has 1 atom stereocenters. The fourth-order valence-corrected chi connectivity index (χ4v) is 4.97. The van der Waals surface area contributed by atoms with Gasteiger partial charge in [-0.3, -0.25) is 4.79 Å². The number of hydrogen-bond donors (Lipinski definition) is 1. The van der Waals surface area contributed by atoms with Gasteiger partial charge in [0.2, 0.25) is 0 Å². The van der Waals surface area contributed by atoms with Crippen molar-refractivity contribution in [3.05, 3.63) is 102 Å². The molecule has 2 aromatic heterocycles. The van der Waals surface area contributed by atoms with Crippen molar-refractivity contribution in [3.63, 3.8) is 0 Å². The molecule has 0 radical (unpaired) electrons. The molecule has 1 N–H and O–H groups in total. The van der Waals surface area contributed by atoms with E-state index in [0.717, 1.165) is 11.3 Å². The summed E-state index contributed by atoms with van der Waals surface area (Å²) in [6.07, 6.45) is 2.93. The molecular weight excluding hydrogens is 445 g/mol. The Morgan fingerprint density at radius 1 is 1.12 bits per heavy atom. The third kappa shape index (κ3) is 4.73. The van der Waals surface area contributed by atoms with Gasteiger partial charge in [0.1, 0.15) is 5.82 Å². The van der Waals surface area contributed by atoms with Crippen molar-refractivity contribution in [2.24, 2.45) is 0 Å². The zero-order valence-electron chi connectivity index (χ0n) is 18.0. The number of benzene rings is 2. The first kappa shape index (κ1) is 22.5. The van der Waals surface area contributed by atoms with E-state index in [1.807, 2.05) is 6.92 Å². The van der Waals surface area contributed by atoms with E-state index in [9.17, 15) is 17.6 Å². The van der Waals surface area contributed by atoms with Gasteiger partial charge in [-0.2, -0.15) is 5.10 Å². The van der Waals surface area contributed by atoms with E-state index in [4.69, 9.17) is 4.42 Å². The lowest BCUT2D eigenvalue weighted by Crippen LogP contribution is -2.27. The van der Waals surface area contributed by atoms with E-state index in [0.29, 0.717) is 5.69 Å². The zero-order valence-corrected chi connectivity index (χ0v) is 18.8. The highest BCUT2D eigenvalue weighted by Crippen LogP contribution is 2.23. The molecule has 0 aliphatic rings. The number of nitrogens with zero attached hydrogens (tertiary/aromatic N) is 2. The largest absolute Gasteiger partial charge is 0.459 e. The number of rotatable bonds is 7. The van der Waals surface area contributed by atoms with Crippen molar-refractivity contribution in [1.82, 2.24) is 15.1 Å². The maximum atomic E-state index is 13.2. The molecule has 7 nitrogen and oxygen atoms in total. The van der Waals surface area contributed by atoms with Gasteiger partial charge in [-0.05, 0) is 56.3 Å². The molecule has 0 saturated heterocycles. The Hall–Kier alpha value is -3.72. The van der Waals surface area contributed by atoms with Crippen molar-refractivity contribution in [2.45, 2.75) is 30.5 Å². The number of carbonyl (C=O) groups excluding carboxylic acids is 1. The number of sulfone groups is 1. The van der Waals surface area contributed by atoms with E-state index >= 15 is 0 Å². The van der Waals surface area contributed by atoms with Gasteiger partial charge in [0, 0.05) is 16.8 Å². The number of halogens is 1. The summed E-state index contributed by atoms with van der Waals surface area (Å²) in [5.74, 6) is -1.27. The van der Waals surface area contributed by atoms with Crippen LogP contribution in [0.3, 0.4) is 0 Å². The normalized spacial score (nSPS) is 12.5. The monoisotopic (exact) mass is 467 g/mol. The maximum Gasteiger partial charge on any atom is 0.287 e. The maximum absolute atomic E-state index is 13.2.